The Morgan fingerprint density at radius 3 is 2.39 bits per heavy atom. The van der Waals surface area contributed by atoms with E-state index in [0.29, 0.717) is 5.56 Å². The lowest BCUT2D eigenvalue weighted by molar-refractivity contribution is -0.311. The Balaban J connectivity index is 2.19. The van der Waals surface area contributed by atoms with Crippen LogP contribution in [0.4, 0.5) is 4.39 Å². The van der Waals surface area contributed by atoms with E-state index >= 15 is 0 Å². The van der Waals surface area contributed by atoms with Gasteiger partial charge in [-0.2, -0.15) is 0 Å². The Hall–Kier alpha value is -1.01. The second-order valence-corrected chi connectivity index (χ2v) is 4.70. The van der Waals surface area contributed by atoms with Crippen molar-refractivity contribution >= 4 is 0 Å². The summed E-state index contributed by atoms with van der Waals surface area (Å²) in [4.78, 5) is 0. The molecule has 1 aromatic carbocycles. The van der Waals surface area contributed by atoms with Crippen LogP contribution in [0.2, 0.25) is 0 Å². The Bertz CT molecular complexity index is 399. The van der Waals surface area contributed by atoms with Gasteiger partial charge in [0.2, 0.25) is 5.85 Å². The maximum absolute atomic E-state index is 14.6. The summed E-state index contributed by atoms with van der Waals surface area (Å²) in [6.45, 7) is 1.46. The van der Waals surface area contributed by atoms with E-state index in [-0.39, 0.29) is 6.42 Å². The molecule has 5 atom stereocenters. The minimum absolute atomic E-state index is 0.177. The fraction of sp³-hybridized carbons (Fsp3) is 0.538. The Morgan fingerprint density at radius 1 is 1.17 bits per heavy atom. The van der Waals surface area contributed by atoms with Crippen LogP contribution >= 0.6 is 0 Å². The Labute approximate surface area is 105 Å². The molecule has 4 nitrogen and oxygen atoms in total. The fourth-order valence-electron chi connectivity index (χ4n) is 2.19. The number of hydrogen-bond donors (Lipinski definition) is 3. The van der Waals surface area contributed by atoms with Crippen LogP contribution in [-0.2, 0) is 11.2 Å². The minimum atomic E-state index is -2.39. The van der Waals surface area contributed by atoms with Crippen LogP contribution in [0.25, 0.3) is 0 Å². The largest absolute Gasteiger partial charge is 0.388 e. The molecule has 1 aromatic rings. The third kappa shape index (κ3) is 2.40. The topological polar surface area (TPSA) is 69.9 Å². The molecule has 1 fully saturated rings. The first-order valence-corrected chi connectivity index (χ1v) is 5.89. The average Bonchev–Trinajstić information content (AvgIpc) is 2.35. The molecule has 1 unspecified atom stereocenters. The van der Waals surface area contributed by atoms with Crippen LogP contribution in [0.5, 0.6) is 0 Å². The number of benzene rings is 1. The van der Waals surface area contributed by atoms with Gasteiger partial charge in [0, 0.05) is 6.42 Å². The van der Waals surface area contributed by atoms with Crippen LogP contribution in [-0.4, -0.2) is 45.6 Å². The van der Waals surface area contributed by atoms with E-state index in [4.69, 9.17) is 4.74 Å². The molecule has 0 amide bonds. The summed E-state index contributed by atoms with van der Waals surface area (Å²) in [6, 6.07) is 8.72. The molecule has 3 N–H and O–H groups in total. The summed E-state index contributed by atoms with van der Waals surface area (Å²) in [5, 5.41) is 28.9. The molecule has 1 aliphatic rings. The van der Waals surface area contributed by atoms with Crippen molar-refractivity contribution < 1.29 is 24.4 Å². The predicted molar refractivity (Wildman–Crippen MR) is 62.6 cm³/mol. The van der Waals surface area contributed by atoms with Crippen molar-refractivity contribution in [1.29, 1.82) is 0 Å². The van der Waals surface area contributed by atoms with E-state index in [1.807, 2.05) is 0 Å². The highest BCUT2D eigenvalue weighted by Gasteiger charge is 2.52. The lowest BCUT2D eigenvalue weighted by atomic mass is 9.90. The summed E-state index contributed by atoms with van der Waals surface area (Å²) in [7, 11) is 0. The summed E-state index contributed by atoms with van der Waals surface area (Å²) in [5.41, 5.74) is 0.648. The van der Waals surface area contributed by atoms with E-state index in [1.54, 1.807) is 30.3 Å². The van der Waals surface area contributed by atoms with Crippen LogP contribution in [0.15, 0.2) is 30.3 Å². The number of alkyl halides is 1. The molecular weight excluding hydrogens is 239 g/mol. The zero-order chi connectivity index (χ0) is 13.3. The van der Waals surface area contributed by atoms with Gasteiger partial charge >= 0.3 is 0 Å². The lowest BCUT2D eigenvalue weighted by Gasteiger charge is -2.43. The minimum Gasteiger partial charge on any atom is -0.388 e. The molecule has 0 saturated carbocycles. The summed E-state index contributed by atoms with van der Waals surface area (Å²) < 4.78 is 19.6. The van der Waals surface area contributed by atoms with Crippen molar-refractivity contribution in [3.05, 3.63) is 35.9 Å². The van der Waals surface area contributed by atoms with Gasteiger partial charge in [0.05, 0.1) is 6.10 Å². The number of hydrogen-bond acceptors (Lipinski definition) is 4. The molecule has 1 aliphatic heterocycles. The van der Waals surface area contributed by atoms with Crippen molar-refractivity contribution in [3.8, 4) is 0 Å². The molecular formula is C13H17FO4. The van der Waals surface area contributed by atoms with E-state index in [0.717, 1.165) is 0 Å². The first-order chi connectivity index (χ1) is 8.44. The molecule has 0 spiro atoms. The van der Waals surface area contributed by atoms with Crippen LogP contribution in [0.3, 0.4) is 0 Å². The van der Waals surface area contributed by atoms with Crippen LogP contribution < -0.4 is 0 Å². The molecule has 2 rings (SSSR count). The van der Waals surface area contributed by atoms with Gasteiger partial charge in [0.25, 0.3) is 0 Å². The molecule has 1 saturated heterocycles. The first kappa shape index (κ1) is 13.4. The fourth-order valence-corrected chi connectivity index (χ4v) is 2.19. The van der Waals surface area contributed by atoms with Gasteiger partial charge in [-0.3, -0.25) is 0 Å². The van der Waals surface area contributed by atoms with Crippen molar-refractivity contribution in [2.75, 3.05) is 0 Å². The van der Waals surface area contributed by atoms with E-state index in [1.165, 1.54) is 6.92 Å². The summed E-state index contributed by atoms with van der Waals surface area (Å²) in [6.07, 6.45) is -5.67. The van der Waals surface area contributed by atoms with Gasteiger partial charge in [0.15, 0.2) is 0 Å². The second-order valence-electron chi connectivity index (χ2n) is 4.70. The van der Waals surface area contributed by atoms with Crippen molar-refractivity contribution in [2.45, 2.75) is 43.6 Å². The normalized spacial score (nSPS) is 40.7. The van der Waals surface area contributed by atoms with Gasteiger partial charge in [-0.25, -0.2) is 4.39 Å². The summed E-state index contributed by atoms with van der Waals surface area (Å²) >= 11 is 0. The van der Waals surface area contributed by atoms with Gasteiger partial charge in [-0.05, 0) is 12.5 Å². The number of aliphatic hydroxyl groups is 3. The maximum Gasteiger partial charge on any atom is 0.242 e. The van der Waals surface area contributed by atoms with Gasteiger partial charge in [-0.15, -0.1) is 0 Å². The second kappa shape index (κ2) is 4.93. The van der Waals surface area contributed by atoms with E-state index in [9.17, 15) is 19.7 Å². The zero-order valence-electron chi connectivity index (χ0n) is 10.0. The smallest absolute Gasteiger partial charge is 0.242 e. The molecule has 100 valence electrons. The molecule has 0 aromatic heterocycles. The van der Waals surface area contributed by atoms with Gasteiger partial charge in [0.1, 0.15) is 18.3 Å². The molecule has 18 heavy (non-hydrogen) atoms. The highest BCUT2D eigenvalue weighted by atomic mass is 19.2. The molecule has 5 heteroatoms. The number of rotatable bonds is 2. The Morgan fingerprint density at radius 2 is 1.78 bits per heavy atom. The van der Waals surface area contributed by atoms with Crippen molar-refractivity contribution in [3.63, 3.8) is 0 Å². The lowest BCUT2D eigenvalue weighted by Crippen LogP contribution is -2.62. The number of aliphatic hydroxyl groups excluding tert-OH is 3. The van der Waals surface area contributed by atoms with Crippen LogP contribution in [0, 0.1) is 0 Å². The SMILES string of the molecule is C[C@H]1OC(F)(Cc2ccccc2)[C@H](O)[C@@H](O)[C@H]1O. The van der Waals surface area contributed by atoms with E-state index < -0.39 is 30.3 Å². The zero-order valence-corrected chi connectivity index (χ0v) is 10.0. The van der Waals surface area contributed by atoms with Crippen molar-refractivity contribution in [2.24, 2.45) is 0 Å². The first-order valence-electron chi connectivity index (χ1n) is 5.89. The van der Waals surface area contributed by atoms with Crippen LogP contribution in [0.1, 0.15) is 12.5 Å². The third-order valence-corrected chi connectivity index (χ3v) is 3.27. The summed E-state index contributed by atoms with van der Waals surface area (Å²) in [5.74, 6) is -2.39. The number of ether oxygens (including phenoxy) is 1. The standard InChI is InChI=1S/C13H17FO4/c1-8-10(15)11(16)12(17)13(14,18-8)7-9-5-3-2-4-6-9/h2-6,8,10-12,15-17H,7H2,1H3/t8-,10+,11+,12-,13?/m1/s1. The molecule has 0 radical (unpaired) electrons. The molecule has 0 aliphatic carbocycles. The predicted octanol–water partition coefficient (Wildman–Crippen LogP) is 0.396. The van der Waals surface area contributed by atoms with Gasteiger partial charge < -0.3 is 20.1 Å². The molecule has 0 bridgehead atoms. The highest BCUT2D eigenvalue weighted by Crippen LogP contribution is 2.34. The maximum atomic E-state index is 14.6. The van der Waals surface area contributed by atoms with Gasteiger partial charge in [-0.1, -0.05) is 30.3 Å². The van der Waals surface area contributed by atoms with Crippen molar-refractivity contribution in [1.82, 2.24) is 0 Å². The Kier molecular flexibility index (Phi) is 3.68. The quantitative estimate of drug-likeness (QED) is 0.716. The van der Waals surface area contributed by atoms with E-state index in [2.05, 4.69) is 0 Å². The highest BCUT2D eigenvalue weighted by molar-refractivity contribution is 5.17. The molecule has 1 heterocycles. The monoisotopic (exact) mass is 256 g/mol. The number of halogens is 1. The average molecular weight is 256 g/mol. The third-order valence-electron chi connectivity index (χ3n) is 3.27.